The molecule has 106 valence electrons. The number of nitrogens with two attached hydrogens (primary N) is 1. The van der Waals surface area contributed by atoms with Crippen LogP contribution in [0, 0.1) is 0 Å². The van der Waals surface area contributed by atoms with Crippen molar-refractivity contribution in [2.24, 2.45) is 5.73 Å². The van der Waals surface area contributed by atoms with Gasteiger partial charge in [0.1, 0.15) is 18.0 Å². The molecule has 0 radical (unpaired) electrons. The highest BCUT2D eigenvalue weighted by Gasteiger charge is 2.05. The van der Waals surface area contributed by atoms with Crippen LogP contribution < -0.4 is 11.1 Å². The summed E-state index contributed by atoms with van der Waals surface area (Å²) in [6, 6.07) is 5.52. The van der Waals surface area contributed by atoms with E-state index in [0.717, 1.165) is 17.1 Å². The summed E-state index contributed by atoms with van der Waals surface area (Å²) < 4.78 is 0. The number of aromatic nitrogens is 6. The molecule has 0 aliphatic heterocycles. The van der Waals surface area contributed by atoms with Crippen molar-refractivity contribution in [1.82, 2.24) is 30.1 Å². The van der Waals surface area contributed by atoms with Gasteiger partial charge in [0.05, 0.1) is 12.2 Å². The van der Waals surface area contributed by atoms with Gasteiger partial charge in [0.2, 0.25) is 0 Å². The first-order valence-electron chi connectivity index (χ1n) is 6.41. The summed E-state index contributed by atoms with van der Waals surface area (Å²) in [5, 5.41) is 10.2. The quantitative estimate of drug-likeness (QED) is 0.631. The lowest BCUT2D eigenvalue weighted by molar-refractivity contribution is 0.928. The number of H-pyrrole nitrogens is 1. The van der Waals surface area contributed by atoms with Crippen LogP contribution in [0.2, 0.25) is 0 Å². The lowest BCUT2D eigenvalue weighted by atomic mass is 10.2. The topological polar surface area (TPSA) is 118 Å². The van der Waals surface area contributed by atoms with Gasteiger partial charge in [0, 0.05) is 30.6 Å². The average molecular weight is 282 g/mol. The normalized spacial score (nSPS) is 10.5. The first-order valence-corrected chi connectivity index (χ1v) is 6.41. The maximum Gasteiger partial charge on any atom is 0.181 e. The molecule has 4 N–H and O–H groups in total. The van der Waals surface area contributed by atoms with E-state index >= 15 is 0 Å². The van der Waals surface area contributed by atoms with Gasteiger partial charge in [-0.3, -0.25) is 10.1 Å². The molecular weight excluding hydrogens is 268 g/mol. The van der Waals surface area contributed by atoms with Crippen LogP contribution in [0.5, 0.6) is 0 Å². The molecule has 21 heavy (non-hydrogen) atoms. The van der Waals surface area contributed by atoms with Crippen LogP contribution in [0.4, 0.5) is 5.82 Å². The zero-order chi connectivity index (χ0) is 14.5. The van der Waals surface area contributed by atoms with E-state index in [0.29, 0.717) is 24.7 Å². The Morgan fingerprint density at radius 1 is 1.19 bits per heavy atom. The molecule has 0 fully saturated rings. The van der Waals surface area contributed by atoms with Crippen LogP contribution in [0.1, 0.15) is 11.5 Å². The van der Waals surface area contributed by atoms with Crippen molar-refractivity contribution in [3.63, 3.8) is 0 Å². The molecule has 0 saturated heterocycles. The predicted molar refractivity (Wildman–Crippen MR) is 76.9 cm³/mol. The number of anilines is 1. The Bertz CT molecular complexity index is 709. The Hall–Kier alpha value is -2.87. The summed E-state index contributed by atoms with van der Waals surface area (Å²) in [6.45, 7) is 0.866. The Labute approximate surface area is 120 Å². The highest BCUT2D eigenvalue weighted by atomic mass is 15.2. The molecule has 0 saturated carbocycles. The summed E-state index contributed by atoms with van der Waals surface area (Å²) >= 11 is 0. The van der Waals surface area contributed by atoms with E-state index in [2.05, 4.69) is 35.5 Å². The van der Waals surface area contributed by atoms with Crippen LogP contribution in [-0.2, 0) is 13.1 Å². The third-order valence-electron chi connectivity index (χ3n) is 2.84. The molecule has 0 bridgehead atoms. The maximum absolute atomic E-state index is 5.54. The molecule has 0 spiro atoms. The van der Waals surface area contributed by atoms with Gasteiger partial charge in [-0.2, -0.15) is 5.10 Å². The number of rotatable bonds is 5. The minimum Gasteiger partial charge on any atom is -0.363 e. The van der Waals surface area contributed by atoms with Gasteiger partial charge in [0.15, 0.2) is 5.82 Å². The molecule has 0 aromatic carbocycles. The van der Waals surface area contributed by atoms with Crippen LogP contribution in [0.3, 0.4) is 0 Å². The van der Waals surface area contributed by atoms with Crippen molar-refractivity contribution in [3.8, 4) is 11.4 Å². The molecule has 0 atom stereocenters. The lowest BCUT2D eigenvalue weighted by Crippen LogP contribution is -2.06. The van der Waals surface area contributed by atoms with E-state index in [-0.39, 0.29) is 0 Å². The SMILES string of the molecule is NCc1cc(NCc2nc(-c3ccncc3)n[nH]2)ncn1. The molecular formula is C13H14N8. The number of hydrogen-bond acceptors (Lipinski definition) is 7. The number of hydrogen-bond donors (Lipinski definition) is 3. The largest absolute Gasteiger partial charge is 0.363 e. The summed E-state index contributed by atoms with van der Waals surface area (Å²) in [5.41, 5.74) is 7.24. The Morgan fingerprint density at radius 3 is 2.86 bits per heavy atom. The van der Waals surface area contributed by atoms with Crippen molar-refractivity contribution < 1.29 is 0 Å². The van der Waals surface area contributed by atoms with Crippen LogP contribution in [0.15, 0.2) is 36.9 Å². The minimum atomic E-state index is 0.381. The van der Waals surface area contributed by atoms with Crippen LogP contribution >= 0.6 is 0 Å². The van der Waals surface area contributed by atoms with Crippen molar-refractivity contribution in [1.29, 1.82) is 0 Å². The molecule has 3 aromatic rings. The molecule has 0 unspecified atom stereocenters. The second kappa shape index (κ2) is 6.06. The summed E-state index contributed by atoms with van der Waals surface area (Å²) in [5.74, 6) is 2.06. The fourth-order valence-electron chi connectivity index (χ4n) is 1.78. The van der Waals surface area contributed by atoms with Gasteiger partial charge in [-0.25, -0.2) is 15.0 Å². The summed E-state index contributed by atoms with van der Waals surface area (Å²) in [4.78, 5) is 16.5. The molecule has 3 heterocycles. The lowest BCUT2D eigenvalue weighted by Gasteiger charge is -2.03. The highest BCUT2D eigenvalue weighted by Crippen LogP contribution is 2.13. The third kappa shape index (κ3) is 3.18. The van der Waals surface area contributed by atoms with Crippen molar-refractivity contribution in [3.05, 3.63) is 48.4 Å². The number of pyridine rings is 1. The fourth-order valence-corrected chi connectivity index (χ4v) is 1.78. The van der Waals surface area contributed by atoms with Gasteiger partial charge < -0.3 is 11.1 Å². The minimum absolute atomic E-state index is 0.381. The molecule has 3 aromatic heterocycles. The first-order chi connectivity index (χ1) is 10.3. The monoisotopic (exact) mass is 282 g/mol. The smallest absolute Gasteiger partial charge is 0.181 e. The van der Waals surface area contributed by atoms with Gasteiger partial charge in [-0.15, -0.1) is 0 Å². The van der Waals surface area contributed by atoms with Gasteiger partial charge in [-0.1, -0.05) is 0 Å². The van der Waals surface area contributed by atoms with Crippen molar-refractivity contribution in [2.75, 3.05) is 5.32 Å². The number of nitrogens with one attached hydrogen (secondary N) is 2. The third-order valence-corrected chi connectivity index (χ3v) is 2.84. The van der Waals surface area contributed by atoms with Crippen LogP contribution in [0.25, 0.3) is 11.4 Å². The number of nitrogens with zero attached hydrogens (tertiary/aromatic N) is 5. The van der Waals surface area contributed by atoms with E-state index in [1.165, 1.54) is 6.33 Å². The van der Waals surface area contributed by atoms with Crippen molar-refractivity contribution >= 4 is 5.82 Å². The van der Waals surface area contributed by atoms with Crippen LogP contribution in [-0.4, -0.2) is 30.1 Å². The summed E-state index contributed by atoms with van der Waals surface area (Å²) in [6.07, 6.45) is 4.89. The second-order valence-corrected chi connectivity index (χ2v) is 4.29. The van der Waals surface area contributed by atoms with E-state index in [4.69, 9.17) is 5.73 Å². The fraction of sp³-hybridized carbons (Fsp3) is 0.154. The molecule has 8 nitrogen and oxygen atoms in total. The second-order valence-electron chi connectivity index (χ2n) is 4.29. The average Bonchev–Trinajstić information content (AvgIpc) is 3.03. The van der Waals surface area contributed by atoms with Gasteiger partial charge in [0.25, 0.3) is 0 Å². The standard InChI is InChI=1S/C13H14N8/c14-6-10-5-11(18-8-17-10)16-7-12-19-13(21-20-12)9-1-3-15-4-2-9/h1-5,8H,6-7,14H2,(H,16,17,18)(H,19,20,21). The molecule has 0 aliphatic carbocycles. The maximum atomic E-state index is 5.54. The Balaban J connectivity index is 1.67. The Morgan fingerprint density at radius 2 is 2.05 bits per heavy atom. The van der Waals surface area contributed by atoms with Gasteiger partial charge in [-0.05, 0) is 12.1 Å². The Kier molecular flexibility index (Phi) is 3.79. The molecule has 0 aliphatic rings. The zero-order valence-electron chi connectivity index (χ0n) is 11.2. The van der Waals surface area contributed by atoms with Gasteiger partial charge >= 0.3 is 0 Å². The first kappa shape index (κ1) is 13.1. The molecule has 8 heteroatoms. The number of aromatic amines is 1. The van der Waals surface area contributed by atoms with E-state index in [9.17, 15) is 0 Å². The molecule has 0 amide bonds. The molecule has 3 rings (SSSR count). The highest BCUT2D eigenvalue weighted by molar-refractivity contribution is 5.53. The van der Waals surface area contributed by atoms with Crippen molar-refractivity contribution in [2.45, 2.75) is 13.1 Å². The summed E-state index contributed by atoms with van der Waals surface area (Å²) in [7, 11) is 0. The zero-order valence-corrected chi connectivity index (χ0v) is 11.2. The van der Waals surface area contributed by atoms with E-state index in [1.807, 2.05) is 12.1 Å². The predicted octanol–water partition coefficient (Wildman–Crippen LogP) is 0.727. The van der Waals surface area contributed by atoms with E-state index in [1.54, 1.807) is 18.5 Å². The van der Waals surface area contributed by atoms with E-state index < -0.39 is 0 Å².